The van der Waals surface area contributed by atoms with Crippen molar-refractivity contribution in [2.75, 3.05) is 19.8 Å². The Morgan fingerprint density at radius 3 is 2.91 bits per heavy atom. The van der Waals surface area contributed by atoms with E-state index in [2.05, 4.69) is 9.97 Å². The molecule has 0 unspecified atom stereocenters. The maximum atomic E-state index is 12.3. The van der Waals surface area contributed by atoms with Crippen LogP contribution in [-0.2, 0) is 11.2 Å². The summed E-state index contributed by atoms with van der Waals surface area (Å²) in [5.74, 6) is 1.07. The van der Waals surface area contributed by atoms with E-state index in [1.54, 1.807) is 12.3 Å². The Morgan fingerprint density at radius 1 is 1.36 bits per heavy atom. The van der Waals surface area contributed by atoms with Crippen molar-refractivity contribution in [3.63, 3.8) is 0 Å². The molecule has 114 valence electrons. The van der Waals surface area contributed by atoms with E-state index in [0.29, 0.717) is 24.0 Å². The molecule has 0 amide bonds. The number of rotatable bonds is 6. The van der Waals surface area contributed by atoms with Gasteiger partial charge in [-0.2, -0.15) is 0 Å². The number of ether oxygens (including phenoxy) is 2. The number of carbonyl (C=O) groups excluding carboxylic acids is 1. The molecular formula is C17H18N2O3. The van der Waals surface area contributed by atoms with Crippen molar-refractivity contribution in [1.82, 2.24) is 9.97 Å². The summed E-state index contributed by atoms with van der Waals surface area (Å²) < 4.78 is 10.9. The summed E-state index contributed by atoms with van der Waals surface area (Å²) in [5, 5.41) is 0. The van der Waals surface area contributed by atoms with Gasteiger partial charge in [0.15, 0.2) is 5.78 Å². The molecule has 0 radical (unpaired) electrons. The molecule has 0 bridgehead atoms. The number of hydrogen-bond donors (Lipinski definition) is 0. The lowest BCUT2D eigenvalue weighted by Crippen LogP contribution is -2.32. The highest BCUT2D eigenvalue weighted by Crippen LogP contribution is 2.18. The molecule has 1 saturated heterocycles. The highest BCUT2D eigenvalue weighted by Gasteiger charge is 2.19. The second kappa shape index (κ2) is 6.66. The lowest BCUT2D eigenvalue weighted by atomic mass is 10.1. The van der Waals surface area contributed by atoms with Gasteiger partial charge in [0.2, 0.25) is 0 Å². The standard InChI is InChI=1S/C17H18N2O3/c1-12-6-15(22-11-13-9-21-10-13)8-16(19-12)17(20)7-14-4-2-3-5-18-14/h2-6,8,13H,7,9-11H2,1H3. The van der Waals surface area contributed by atoms with Crippen molar-refractivity contribution in [1.29, 1.82) is 0 Å². The van der Waals surface area contributed by atoms with E-state index in [0.717, 1.165) is 24.6 Å². The first-order valence-corrected chi connectivity index (χ1v) is 7.33. The first-order valence-electron chi connectivity index (χ1n) is 7.33. The molecule has 0 spiro atoms. The number of aromatic nitrogens is 2. The lowest BCUT2D eigenvalue weighted by Gasteiger charge is -2.25. The Hall–Kier alpha value is -2.27. The van der Waals surface area contributed by atoms with Gasteiger partial charge in [0, 0.05) is 35.6 Å². The molecule has 0 aromatic carbocycles. The monoisotopic (exact) mass is 298 g/mol. The fourth-order valence-corrected chi connectivity index (χ4v) is 2.22. The van der Waals surface area contributed by atoms with Crippen molar-refractivity contribution >= 4 is 5.78 Å². The van der Waals surface area contributed by atoms with E-state index in [1.807, 2.05) is 31.2 Å². The van der Waals surface area contributed by atoms with E-state index >= 15 is 0 Å². The molecular weight excluding hydrogens is 280 g/mol. The Morgan fingerprint density at radius 2 is 2.23 bits per heavy atom. The average Bonchev–Trinajstić information content (AvgIpc) is 2.46. The third kappa shape index (κ3) is 3.68. The van der Waals surface area contributed by atoms with E-state index < -0.39 is 0 Å². The lowest BCUT2D eigenvalue weighted by molar-refractivity contribution is -0.0508. The Labute approximate surface area is 129 Å². The molecule has 3 rings (SSSR count). The van der Waals surface area contributed by atoms with E-state index in [4.69, 9.17) is 9.47 Å². The average molecular weight is 298 g/mol. The summed E-state index contributed by atoms with van der Waals surface area (Å²) in [7, 11) is 0. The number of Topliss-reactive ketones (excluding diaryl/α,β-unsaturated/α-hetero) is 1. The van der Waals surface area contributed by atoms with Gasteiger partial charge in [-0.15, -0.1) is 0 Å². The van der Waals surface area contributed by atoms with Crippen LogP contribution in [0.5, 0.6) is 5.75 Å². The van der Waals surface area contributed by atoms with Crippen molar-refractivity contribution in [2.45, 2.75) is 13.3 Å². The quantitative estimate of drug-likeness (QED) is 0.765. The third-order valence-electron chi connectivity index (χ3n) is 3.47. The maximum absolute atomic E-state index is 12.3. The molecule has 3 heterocycles. The first-order chi connectivity index (χ1) is 10.7. The SMILES string of the molecule is Cc1cc(OCC2COC2)cc(C(=O)Cc2ccccn2)n1. The highest BCUT2D eigenvalue weighted by molar-refractivity contribution is 5.95. The summed E-state index contributed by atoms with van der Waals surface area (Å²) in [4.78, 5) is 20.8. The van der Waals surface area contributed by atoms with Gasteiger partial charge in [-0.3, -0.25) is 9.78 Å². The van der Waals surface area contributed by atoms with Crippen molar-refractivity contribution in [3.8, 4) is 5.75 Å². The van der Waals surface area contributed by atoms with Gasteiger partial charge < -0.3 is 9.47 Å². The molecule has 0 saturated carbocycles. The number of hydrogen-bond acceptors (Lipinski definition) is 5. The minimum absolute atomic E-state index is 0.0563. The number of ketones is 1. The number of carbonyl (C=O) groups is 1. The van der Waals surface area contributed by atoms with Gasteiger partial charge in [-0.05, 0) is 19.1 Å². The number of nitrogens with zero attached hydrogens (tertiary/aromatic N) is 2. The van der Waals surface area contributed by atoms with Crippen LogP contribution in [0.4, 0.5) is 0 Å². The van der Waals surface area contributed by atoms with Crippen molar-refractivity contribution in [3.05, 3.63) is 53.6 Å². The van der Waals surface area contributed by atoms with Crippen LogP contribution in [0.2, 0.25) is 0 Å². The molecule has 22 heavy (non-hydrogen) atoms. The fourth-order valence-electron chi connectivity index (χ4n) is 2.22. The van der Waals surface area contributed by atoms with Gasteiger partial charge in [-0.1, -0.05) is 6.07 Å². The van der Waals surface area contributed by atoms with Crippen LogP contribution in [0.3, 0.4) is 0 Å². The largest absolute Gasteiger partial charge is 0.493 e. The second-order valence-electron chi connectivity index (χ2n) is 5.46. The van der Waals surface area contributed by atoms with Crippen LogP contribution in [0.15, 0.2) is 36.5 Å². The van der Waals surface area contributed by atoms with Gasteiger partial charge in [-0.25, -0.2) is 4.98 Å². The van der Waals surface area contributed by atoms with Crippen LogP contribution >= 0.6 is 0 Å². The molecule has 1 fully saturated rings. The predicted molar refractivity (Wildman–Crippen MR) is 81.0 cm³/mol. The Kier molecular flexibility index (Phi) is 4.44. The summed E-state index contributed by atoms with van der Waals surface area (Å²) >= 11 is 0. The molecule has 0 atom stereocenters. The number of aryl methyl sites for hydroxylation is 1. The summed E-state index contributed by atoms with van der Waals surface area (Å²) in [6, 6.07) is 9.08. The van der Waals surface area contributed by atoms with Gasteiger partial charge in [0.1, 0.15) is 11.4 Å². The molecule has 0 N–H and O–H groups in total. The zero-order valence-electron chi connectivity index (χ0n) is 12.5. The fraction of sp³-hybridized carbons (Fsp3) is 0.353. The minimum atomic E-state index is -0.0563. The topological polar surface area (TPSA) is 61.3 Å². The normalized spacial score (nSPS) is 14.4. The van der Waals surface area contributed by atoms with Crippen LogP contribution in [-0.4, -0.2) is 35.6 Å². The Bertz CT molecular complexity index is 654. The minimum Gasteiger partial charge on any atom is -0.493 e. The second-order valence-corrected chi connectivity index (χ2v) is 5.46. The zero-order valence-corrected chi connectivity index (χ0v) is 12.5. The van der Waals surface area contributed by atoms with Crippen LogP contribution in [0.25, 0.3) is 0 Å². The van der Waals surface area contributed by atoms with E-state index in [1.165, 1.54) is 0 Å². The number of pyridine rings is 2. The molecule has 1 aliphatic heterocycles. The molecule has 1 aliphatic rings. The molecule has 5 heteroatoms. The highest BCUT2D eigenvalue weighted by atomic mass is 16.5. The smallest absolute Gasteiger partial charge is 0.187 e. The zero-order chi connectivity index (χ0) is 15.4. The van der Waals surface area contributed by atoms with E-state index in [-0.39, 0.29) is 12.2 Å². The summed E-state index contributed by atoms with van der Waals surface area (Å²) in [5.41, 5.74) is 1.93. The molecule has 2 aromatic heterocycles. The molecule has 0 aliphatic carbocycles. The van der Waals surface area contributed by atoms with E-state index in [9.17, 15) is 4.79 Å². The molecule has 5 nitrogen and oxygen atoms in total. The maximum Gasteiger partial charge on any atom is 0.187 e. The predicted octanol–water partition coefficient (Wildman–Crippen LogP) is 2.24. The first kappa shape index (κ1) is 14.7. The summed E-state index contributed by atoms with van der Waals surface area (Å²) in [6.45, 7) is 3.96. The van der Waals surface area contributed by atoms with Crippen molar-refractivity contribution in [2.24, 2.45) is 5.92 Å². The van der Waals surface area contributed by atoms with Gasteiger partial charge in [0.05, 0.1) is 26.2 Å². The Balaban J connectivity index is 1.69. The summed E-state index contributed by atoms with van der Waals surface area (Å²) in [6.07, 6.45) is 1.93. The van der Waals surface area contributed by atoms with Crippen molar-refractivity contribution < 1.29 is 14.3 Å². The van der Waals surface area contributed by atoms with Crippen LogP contribution in [0, 0.1) is 12.8 Å². The third-order valence-corrected chi connectivity index (χ3v) is 3.47. The van der Waals surface area contributed by atoms with Crippen LogP contribution in [0.1, 0.15) is 21.9 Å². The molecule has 2 aromatic rings. The van der Waals surface area contributed by atoms with Gasteiger partial charge in [0.25, 0.3) is 0 Å². The van der Waals surface area contributed by atoms with Crippen LogP contribution < -0.4 is 4.74 Å². The van der Waals surface area contributed by atoms with Gasteiger partial charge >= 0.3 is 0 Å².